The highest BCUT2D eigenvalue weighted by atomic mass is 35.5. The number of nitrogens with zero attached hydrogens (tertiary/aromatic N) is 1. The topological polar surface area (TPSA) is 58.6 Å². The standard InChI is InChI=1S/C19H21ClN2O3S/c1-12-3-4-14(20)9-15(12)22-8-7-13(11-22)10-21-18(23)16-5-6-17(26-16)19(24)25-2/h3-6,9,13H,7-8,10-11H2,1-2H3,(H,21,23). The molecule has 1 unspecified atom stereocenters. The molecule has 1 saturated heterocycles. The van der Waals surface area contributed by atoms with Crippen LogP contribution in [0.15, 0.2) is 30.3 Å². The molecule has 0 radical (unpaired) electrons. The van der Waals surface area contributed by atoms with Crippen LogP contribution in [0.4, 0.5) is 5.69 Å². The highest BCUT2D eigenvalue weighted by Crippen LogP contribution is 2.29. The van der Waals surface area contributed by atoms with Crippen LogP contribution in [0.3, 0.4) is 0 Å². The van der Waals surface area contributed by atoms with Crippen molar-refractivity contribution in [1.29, 1.82) is 0 Å². The van der Waals surface area contributed by atoms with E-state index in [0.29, 0.717) is 22.2 Å². The van der Waals surface area contributed by atoms with Crippen LogP contribution in [0.25, 0.3) is 0 Å². The minimum Gasteiger partial charge on any atom is -0.465 e. The first-order chi connectivity index (χ1) is 12.5. The molecule has 1 atom stereocenters. The largest absolute Gasteiger partial charge is 0.465 e. The number of carbonyl (C=O) groups is 2. The quantitative estimate of drug-likeness (QED) is 0.787. The number of rotatable bonds is 5. The first kappa shape index (κ1) is 18.7. The van der Waals surface area contributed by atoms with Crippen LogP contribution in [0.1, 0.15) is 31.3 Å². The summed E-state index contributed by atoms with van der Waals surface area (Å²) in [5.74, 6) is -0.183. The normalized spacial score (nSPS) is 16.6. The van der Waals surface area contributed by atoms with Gasteiger partial charge in [-0.15, -0.1) is 11.3 Å². The van der Waals surface area contributed by atoms with Gasteiger partial charge in [-0.1, -0.05) is 17.7 Å². The van der Waals surface area contributed by atoms with Crippen molar-refractivity contribution >= 4 is 40.5 Å². The predicted octanol–water partition coefficient (Wildman–Crippen LogP) is 3.75. The second kappa shape index (κ2) is 8.10. The van der Waals surface area contributed by atoms with Crippen molar-refractivity contribution in [2.75, 3.05) is 31.6 Å². The van der Waals surface area contributed by atoms with Gasteiger partial charge in [-0.2, -0.15) is 0 Å². The van der Waals surface area contributed by atoms with E-state index in [1.807, 2.05) is 18.2 Å². The van der Waals surface area contributed by atoms with Crippen LogP contribution in [-0.2, 0) is 4.74 Å². The first-order valence-electron chi connectivity index (χ1n) is 8.45. The molecule has 1 aliphatic heterocycles. The average Bonchev–Trinajstić information content (AvgIpc) is 3.30. The Balaban J connectivity index is 1.54. The summed E-state index contributed by atoms with van der Waals surface area (Å²) in [6, 6.07) is 9.20. The number of hydrogen-bond acceptors (Lipinski definition) is 5. The number of ether oxygens (including phenoxy) is 1. The number of amides is 1. The van der Waals surface area contributed by atoms with Gasteiger partial charge in [-0.25, -0.2) is 4.79 Å². The lowest BCUT2D eigenvalue weighted by Crippen LogP contribution is -2.30. The van der Waals surface area contributed by atoms with Gasteiger partial charge in [-0.3, -0.25) is 4.79 Å². The van der Waals surface area contributed by atoms with Gasteiger partial charge in [0.2, 0.25) is 0 Å². The summed E-state index contributed by atoms with van der Waals surface area (Å²) in [5, 5.41) is 3.71. The zero-order valence-corrected chi connectivity index (χ0v) is 16.3. The van der Waals surface area contributed by atoms with Crippen molar-refractivity contribution in [3.63, 3.8) is 0 Å². The van der Waals surface area contributed by atoms with Gasteiger partial charge in [0.15, 0.2) is 0 Å². The van der Waals surface area contributed by atoms with Crippen molar-refractivity contribution in [1.82, 2.24) is 5.32 Å². The van der Waals surface area contributed by atoms with E-state index in [-0.39, 0.29) is 5.91 Å². The Hall–Kier alpha value is -2.05. The van der Waals surface area contributed by atoms with Gasteiger partial charge < -0.3 is 15.0 Å². The minimum atomic E-state index is -0.419. The second-order valence-electron chi connectivity index (χ2n) is 6.40. The summed E-state index contributed by atoms with van der Waals surface area (Å²) in [5.41, 5.74) is 2.36. The van der Waals surface area contributed by atoms with Crippen LogP contribution in [0, 0.1) is 12.8 Å². The van der Waals surface area contributed by atoms with Gasteiger partial charge in [0.05, 0.1) is 12.0 Å². The molecule has 26 heavy (non-hydrogen) atoms. The van der Waals surface area contributed by atoms with E-state index in [1.165, 1.54) is 12.7 Å². The van der Waals surface area contributed by atoms with E-state index >= 15 is 0 Å². The Morgan fingerprint density at radius 1 is 1.31 bits per heavy atom. The first-order valence-corrected chi connectivity index (χ1v) is 9.65. The zero-order chi connectivity index (χ0) is 18.7. The van der Waals surface area contributed by atoms with E-state index < -0.39 is 5.97 Å². The molecule has 5 nitrogen and oxygen atoms in total. The molecular formula is C19H21ClN2O3S. The monoisotopic (exact) mass is 392 g/mol. The van der Waals surface area contributed by atoms with Crippen LogP contribution in [0.5, 0.6) is 0 Å². The Morgan fingerprint density at radius 3 is 2.85 bits per heavy atom. The minimum absolute atomic E-state index is 0.150. The van der Waals surface area contributed by atoms with Crippen molar-refractivity contribution in [3.8, 4) is 0 Å². The maximum atomic E-state index is 12.3. The van der Waals surface area contributed by atoms with Gasteiger partial charge >= 0.3 is 5.97 Å². The van der Waals surface area contributed by atoms with Crippen molar-refractivity contribution < 1.29 is 14.3 Å². The molecule has 0 aliphatic carbocycles. The molecule has 3 rings (SSSR count). The lowest BCUT2D eigenvalue weighted by Gasteiger charge is -2.21. The second-order valence-corrected chi connectivity index (χ2v) is 7.92. The molecule has 1 amide bonds. The highest BCUT2D eigenvalue weighted by Gasteiger charge is 2.24. The summed E-state index contributed by atoms with van der Waals surface area (Å²) in [4.78, 5) is 27.0. The fraction of sp³-hybridized carbons (Fsp3) is 0.368. The molecule has 2 heterocycles. The third-order valence-corrected chi connectivity index (χ3v) is 5.86. The smallest absolute Gasteiger partial charge is 0.348 e. The third-order valence-electron chi connectivity index (χ3n) is 4.57. The van der Waals surface area contributed by atoms with Crippen LogP contribution in [0.2, 0.25) is 5.02 Å². The lowest BCUT2D eigenvalue weighted by atomic mass is 10.1. The van der Waals surface area contributed by atoms with E-state index in [2.05, 4.69) is 21.9 Å². The lowest BCUT2D eigenvalue weighted by molar-refractivity contribution is 0.0606. The van der Waals surface area contributed by atoms with Crippen molar-refractivity contribution in [2.45, 2.75) is 13.3 Å². The molecule has 1 N–H and O–H groups in total. The number of benzene rings is 1. The SMILES string of the molecule is COC(=O)c1ccc(C(=O)NCC2CCN(c3cc(Cl)ccc3C)C2)s1. The number of hydrogen-bond donors (Lipinski definition) is 1. The molecule has 0 spiro atoms. The maximum absolute atomic E-state index is 12.3. The van der Waals surface area contributed by atoms with E-state index in [4.69, 9.17) is 11.6 Å². The van der Waals surface area contributed by atoms with Crippen molar-refractivity contribution in [3.05, 3.63) is 50.7 Å². The van der Waals surface area contributed by atoms with E-state index in [0.717, 1.165) is 41.6 Å². The summed E-state index contributed by atoms with van der Waals surface area (Å²) in [7, 11) is 1.33. The zero-order valence-electron chi connectivity index (χ0n) is 14.8. The fourth-order valence-electron chi connectivity index (χ4n) is 3.14. The van der Waals surface area contributed by atoms with Crippen LogP contribution >= 0.6 is 22.9 Å². The average molecular weight is 393 g/mol. The number of aryl methyl sites for hydroxylation is 1. The molecule has 1 aromatic heterocycles. The van der Waals surface area contributed by atoms with Crippen molar-refractivity contribution in [2.24, 2.45) is 5.92 Å². The van der Waals surface area contributed by atoms with Gasteiger partial charge in [0.25, 0.3) is 5.91 Å². The summed E-state index contributed by atoms with van der Waals surface area (Å²) in [6.07, 6.45) is 1.02. The van der Waals surface area contributed by atoms with Crippen LogP contribution in [-0.4, -0.2) is 38.6 Å². The number of carbonyl (C=O) groups excluding carboxylic acids is 2. The molecule has 1 aliphatic rings. The maximum Gasteiger partial charge on any atom is 0.348 e. The molecule has 2 aromatic rings. The molecule has 138 valence electrons. The number of anilines is 1. The summed E-state index contributed by atoms with van der Waals surface area (Å²) < 4.78 is 4.67. The summed E-state index contributed by atoms with van der Waals surface area (Å²) >= 11 is 7.27. The number of nitrogens with one attached hydrogen (secondary N) is 1. The molecule has 1 fully saturated rings. The summed E-state index contributed by atoms with van der Waals surface area (Å²) in [6.45, 7) is 4.53. The Kier molecular flexibility index (Phi) is 5.84. The van der Waals surface area contributed by atoms with Gasteiger partial charge in [0.1, 0.15) is 4.88 Å². The third kappa shape index (κ3) is 4.19. The molecular weight excluding hydrogens is 372 g/mol. The van der Waals surface area contributed by atoms with E-state index in [1.54, 1.807) is 12.1 Å². The van der Waals surface area contributed by atoms with Crippen LogP contribution < -0.4 is 10.2 Å². The van der Waals surface area contributed by atoms with Gasteiger partial charge in [0, 0.05) is 30.3 Å². The molecule has 0 bridgehead atoms. The molecule has 1 aromatic carbocycles. The van der Waals surface area contributed by atoms with Gasteiger partial charge in [-0.05, 0) is 49.1 Å². The van der Waals surface area contributed by atoms with E-state index in [9.17, 15) is 9.59 Å². The predicted molar refractivity (Wildman–Crippen MR) is 105 cm³/mol. The number of esters is 1. The number of thiophene rings is 1. The number of halogens is 1. The number of methoxy groups -OCH3 is 1. The highest BCUT2D eigenvalue weighted by molar-refractivity contribution is 7.15. The molecule has 0 saturated carbocycles. The Bertz CT molecular complexity index is 821. The Morgan fingerprint density at radius 2 is 2.08 bits per heavy atom. The Labute approximate surface area is 161 Å². The fourth-order valence-corrected chi connectivity index (χ4v) is 4.14. The molecule has 7 heteroatoms.